The molecule has 1 fully saturated rings. The average molecular weight is 515 g/mol. The van der Waals surface area contributed by atoms with Crippen LogP contribution in [0.3, 0.4) is 0 Å². The van der Waals surface area contributed by atoms with Crippen LogP contribution >= 0.6 is 12.2 Å². The first-order chi connectivity index (χ1) is 17.2. The van der Waals surface area contributed by atoms with Gasteiger partial charge in [0, 0.05) is 37.8 Å². The van der Waals surface area contributed by atoms with E-state index in [0.29, 0.717) is 60.8 Å². The summed E-state index contributed by atoms with van der Waals surface area (Å²) < 4.78 is 10.6. The SMILES string of the molecule is CCOC(=O)c1ccc(N2CCN(C(=S)NC(=O)c3cccc(OCC(C)C)c3)CC2)c([N+](=O)[O-])c1. The van der Waals surface area contributed by atoms with Gasteiger partial charge < -0.3 is 19.3 Å². The standard InChI is InChI=1S/C25H30N4O6S/c1-4-34-24(31)19-8-9-21(22(15-19)29(32)33)27-10-12-28(13-11-27)25(36)26-23(30)18-6-5-7-20(14-18)35-16-17(2)3/h5-9,14-15,17H,4,10-13,16H2,1-3H3,(H,26,30,36). The molecule has 0 atom stereocenters. The minimum absolute atomic E-state index is 0.133. The molecule has 0 unspecified atom stereocenters. The van der Waals surface area contributed by atoms with Gasteiger partial charge in [-0.25, -0.2) is 4.79 Å². The Labute approximate surface area is 215 Å². The molecule has 1 heterocycles. The van der Waals surface area contributed by atoms with Crippen LogP contribution in [-0.2, 0) is 4.74 Å². The average Bonchev–Trinajstić information content (AvgIpc) is 2.87. The third-order valence-corrected chi connectivity index (χ3v) is 5.85. The number of rotatable bonds is 8. The lowest BCUT2D eigenvalue weighted by Gasteiger charge is -2.37. The molecule has 1 amide bonds. The van der Waals surface area contributed by atoms with E-state index in [2.05, 4.69) is 5.32 Å². The molecule has 0 aromatic heterocycles. The van der Waals surface area contributed by atoms with Crippen LogP contribution in [0.4, 0.5) is 11.4 Å². The molecule has 192 valence electrons. The summed E-state index contributed by atoms with van der Waals surface area (Å²) in [7, 11) is 0. The first kappa shape index (κ1) is 26.9. The van der Waals surface area contributed by atoms with Gasteiger partial charge in [-0.05, 0) is 55.4 Å². The number of amides is 1. The highest BCUT2D eigenvalue weighted by Gasteiger charge is 2.26. The van der Waals surface area contributed by atoms with E-state index in [4.69, 9.17) is 21.7 Å². The summed E-state index contributed by atoms with van der Waals surface area (Å²) in [5, 5.41) is 14.7. The van der Waals surface area contributed by atoms with Crippen LogP contribution < -0.4 is 15.0 Å². The molecule has 2 aromatic rings. The first-order valence-corrected chi connectivity index (χ1v) is 12.1. The van der Waals surface area contributed by atoms with Crippen molar-refractivity contribution in [2.75, 3.05) is 44.3 Å². The van der Waals surface area contributed by atoms with Gasteiger partial charge in [-0.1, -0.05) is 19.9 Å². The Morgan fingerprint density at radius 2 is 1.83 bits per heavy atom. The van der Waals surface area contributed by atoms with Crippen LogP contribution in [0.1, 0.15) is 41.5 Å². The van der Waals surface area contributed by atoms with E-state index in [1.54, 1.807) is 37.3 Å². The minimum atomic E-state index is -0.602. The molecule has 2 aromatic carbocycles. The zero-order valence-corrected chi connectivity index (χ0v) is 21.4. The van der Waals surface area contributed by atoms with E-state index < -0.39 is 10.9 Å². The molecule has 0 bridgehead atoms. The van der Waals surface area contributed by atoms with Crippen LogP contribution in [0.25, 0.3) is 0 Å². The second-order valence-electron chi connectivity index (χ2n) is 8.65. The maximum absolute atomic E-state index is 12.7. The van der Waals surface area contributed by atoms with Crippen molar-refractivity contribution in [2.24, 2.45) is 5.92 Å². The van der Waals surface area contributed by atoms with Crippen molar-refractivity contribution in [3.8, 4) is 5.75 Å². The van der Waals surface area contributed by atoms with Gasteiger partial charge in [-0.15, -0.1) is 0 Å². The van der Waals surface area contributed by atoms with Crippen LogP contribution in [0.2, 0.25) is 0 Å². The number of benzene rings is 2. The summed E-state index contributed by atoms with van der Waals surface area (Å²) in [5.41, 5.74) is 0.827. The van der Waals surface area contributed by atoms with Crippen molar-refractivity contribution in [3.05, 3.63) is 63.7 Å². The molecule has 1 saturated heterocycles. The number of hydrogen-bond donors (Lipinski definition) is 1. The van der Waals surface area contributed by atoms with Gasteiger partial charge in [0.25, 0.3) is 11.6 Å². The summed E-state index contributed by atoms with van der Waals surface area (Å²) in [5.74, 6) is 0.0508. The maximum atomic E-state index is 12.7. The summed E-state index contributed by atoms with van der Waals surface area (Å²) in [6.07, 6.45) is 0. The van der Waals surface area contributed by atoms with Crippen LogP contribution in [-0.4, -0.2) is 66.2 Å². The van der Waals surface area contributed by atoms with Gasteiger partial charge in [0.1, 0.15) is 11.4 Å². The largest absolute Gasteiger partial charge is 0.493 e. The van der Waals surface area contributed by atoms with E-state index in [9.17, 15) is 19.7 Å². The number of ether oxygens (including phenoxy) is 2. The molecular weight excluding hydrogens is 484 g/mol. The summed E-state index contributed by atoms with van der Waals surface area (Å²) in [6, 6.07) is 11.3. The van der Waals surface area contributed by atoms with Crippen LogP contribution in [0.5, 0.6) is 5.75 Å². The third kappa shape index (κ3) is 6.91. The summed E-state index contributed by atoms with van der Waals surface area (Å²) in [4.78, 5) is 39.6. The molecule has 0 radical (unpaired) electrons. The number of thiocarbonyl (C=S) groups is 1. The number of piperazine rings is 1. The van der Waals surface area contributed by atoms with Gasteiger partial charge in [-0.3, -0.25) is 20.2 Å². The van der Waals surface area contributed by atoms with Gasteiger partial charge in [0.15, 0.2) is 5.11 Å². The Morgan fingerprint density at radius 3 is 2.47 bits per heavy atom. The molecule has 0 aliphatic carbocycles. The second kappa shape index (κ2) is 12.3. The van der Waals surface area contributed by atoms with E-state index in [1.165, 1.54) is 12.1 Å². The Bertz CT molecular complexity index is 1130. The molecule has 3 rings (SSSR count). The van der Waals surface area contributed by atoms with Gasteiger partial charge >= 0.3 is 5.97 Å². The Hall–Kier alpha value is -3.73. The van der Waals surface area contributed by atoms with Gasteiger partial charge in [0.2, 0.25) is 0 Å². The predicted octanol–water partition coefficient (Wildman–Crippen LogP) is 3.64. The van der Waals surface area contributed by atoms with E-state index in [-0.39, 0.29) is 23.8 Å². The normalized spacial score (nSPS) is 13.3. The highest BCUT2D eigenvalue weighted by Crippen LogP contribution is 2.30. The smallest absolute Gasteiger partial charge is 0.338 e. The van der Waals surface area contributed by atoms with Crippen molar-refractivity contribution >= 4 is 40.6 Å². The predicted molar refractivity (Wildman–Crippen MR) is 140 cm³/mol. The molecule has 36 heavy (non-hydrogen) atoms. The van der Waals surface area contributed by atoms with Crippen molar-refractivity contribution in [1.29, 1.82) is 0 Å². The molecule has 1 aliphatic rings. The molecule has 1 aliphatic heterocycles. The lowest BCUT2D eigenvalue weighted by molar-refractivity contribution is -0.384. The Balaban J connectivity index is 1.60. The maximum Gasteiger partial charge on any atom is 0.338 e. The molecule has 11 heteroatoms. The number of nitro benzene ring substituents is 1. The van der Waals surface area contributed by atoms with Crippen molar-refractivity contribution in [3.63, 3.8) is 0 Å². The number of nitrogens with one attached hydrogen (secondary N) is 1. The lowest BCUT2D eigenvalue weighted by Crippen LogP contribution is -2.52. The van der Waals surface area contributed by atoms with Crippen molar-refractivity contribution < 1.29 is 24.0 Å². The topological polar surface area (TPSA) is 114 Å². The quantitative estimate of drug-likeness (QED) is 0.244. The minimum Gasteiger partial charge on any atom is -0.493 e. The van der Waals surface area contributed by atoms with E-state index in [0.717, 1.165) is 0 Å². The monoisotopic (exact) mass is 514 g/mol. The summed E-state index contributed by atoms with van der Waals surface area (Å²) in [6.45, 7) is 8.34. The zero-order valence-electron chi connectivity index (χ0n) is 20.6. The zero-order chi connectivity index (χ0) is 26.2. The lowest BCUT2D eigenvalue weighted by atomic mass is 10.1. The van der Waals surface area contributed by atoms with Crippen molar-refractivity contribution in [2.45, 2.75) is 20.8 Å². The fourth-order valence-corrected chi connectivity index (χ4v) is 3.94. The molecule has 10 nitrogen and oxygen atoms in total. The number of hydrogen-bond acceptors (Lipinski definition) is 8. The third-order valence-electron chi connectivity index (χ3n) is 5.49. The van der Waals surface area contributed by atoms with E-state index >= 15 is 0 Å². The fraction of sp³-hybridized carbons (Fsp3) is 0.400. The van der Waals surface area contributed by atoms with Gasteiger partial charge in [-0.2, -0.15) is 0 Å². The molecular formula is C25H30N4O6S. The number of anilines is 1. The number of esters is 1. The number of nitro groups is 1. The molecule has 0 saturated carbocycles. The second-order valence-corrected chi connectivity index (χ2v) is 9.03. The highest BCUT2D eigenvalue weighted by molar-refractivity contribution is 7.80. The first-order valence-electron chi connectivity index (χ1n) is 11.7. The van der Waals surface area contributed by atoms with E-state index in [1.807, 2.05) is 23.6 Å². The van der Waals surface area contributed by atoms with Crippen LogP contribution in [0.15, 0.2) is 42.5 Å². The fourth-order valence-electron chi connectivity index (χ4n) is 3.67. The number of carbonyl (C=O) groups excluding carboxylic acids is 2. The number of carbonyl (C=O) groups is 2. The number of nitrogens with zero attached hydrogens (tertiary/aromatic N) is 3. The summed E-state index contributed by atoms with van der Waals surface area (Å²) >= 11 is 5.45. The molecule has 1 N–H and O–H groups in total. The van der Waals surface area contributed by atoms with Crippen molar-refractivity contribution in [1.82, 2.24) is 10.2 Å². The Kier molecular flexibility index (Phi) is 9.18. The van der Waals surface area contributed by atoms with Gasteiger partial charge in [0.05, 0.1) is 23.7 Å². The molecule has 0 spiro atoms. The Morgan fingerprint density at radius 1 is 1.11 bits per heavy atom. The highest BCUT2D eigenvalue weighted by atomic mass is 32.1. The van der Waals surface area contributed by atoms with Crippen LogP contribution in [0, 0.1) is 16.0 Å².